The first kappa shape index (κ1) is 24.3. The van der Waals surface area contributed by atoms with Crippen LogP contribution < -0.4 is 5.32 Å². The zero-order valence-corrected chi connectivity index (χ0v) is 18.4. The lowest BCUT2D eigenvalue weighted by Crippen LogP contribution is -2.45. The van der Waals surface area contributed by atoms with Crippen LogP contribution in [0.5, 0.6) is 0 Å². The number of hydrogen-bond acceptors (Lipinski definition) is 7. The van der Waals surface area contributed by atoms with Crippen molar-refractivity contribution in [1.29, 1.82) is 0 Å². The van der Waals surface area contributed by atoms with Gasteiger partial charge in [0.05, 0.1) is 24.7 Å². The van der Waals surface area contributed by atoms with Crippen molar-refractivity contribution in [2.75, 3.05) is 46.1 Å². The number of nitrogens with one attached hydrogen (secondary N) is 1. The molecule has 0 unspecified atom stereocenters. The van der Waals surface area contributed by atoms with Gasteiger partial charge in [-0.2, -0.15) is 4.31 Å². The number of benzene rings is 1. The number of nitrogens with zero attached hydrogens (tertiary/aromatic N) is 1. The normalized spacial score (nSPS) is 16.3. The summed E-state index contributed by atoms with van der Waals surface area (Å²) in [4.78, 5) is 25.1. The SMILES string of the molecule is CCOCCOC(=O)[C@@H](NC(=O)c1cccc(S(=O)(=O)N2CCOCC2)c1)C(C)C. The summed E-state index contributed by atoms with van der Waals surface area (Å²) < 4.78 is 42.5. The Bertz CT molecular complexity index is 820. The molecule has 1 aromatic carbocycles. The van der Waals surface area contributed by atoms with E-state index in [1.807, 2.05) is 6.92 Å². The fraction of sp³-hybridized carbons (Fsp3) is 0.600. The highest BCUT2D eigenvalue weighted by Crippen LogP contribution is 2.18. The van der Waals surface area contributed by atoms with E-state index in [2.05, 4.69) is 5.32 Å². The van der Waals surface area contributed by atoms with Gasteiger partial charge in [-0.25, -0.2) is 13.2 Å². The third-order valence-electron chi connectivity index (χ3n) is 4.59. The van der Waals surface area contributed by atoms with Gasteiger partial charge in [0.15, 0.2) is 0 Å². The molecule has 1 N–H and O–H groups in total. The topological polar surface area (TPSA) is 111 Å². The van der Waals surface area contributed by atoms with Gasteiger partial charge in [0.25, 0.3) is 5.91 Å². The fourth-order valence-corrected chi connectivity index (χ4v) is 4.35. The Morgan fingerprint density at radius 2 is 1.90 bits per heavy atom. The van der Waals surface area contributed by atoms with E-state index < -0.39 is 27.9 Å². The van der Waals surface area contributed by atoms with Crippen LogP contribution in [0, 0.1) is 5.92 Å². The molecule has 1 amide bonds. The summed E-state index contributed by atoms with van der Waals surface area (Å²) in [5.74, 6) is -1.32. The number of morpholine rings is 1. The molecular weight excluding hydrogens is 412 g/mol. The molecule has 0 radical (unpaired) electrons. The summed E-state index contributed by atoms with van der Waals surface area (Å²) in [6.45, 7) is 7.51. The summed E-state index contributed by atoms with van der Waals surface area (Å²) in [5.41, 5.74) is 0.150. The van der Waals surface area contributed by atoms with Gasteiger partial charge in [-0.1, -0.05) is 19.9 Å². The Labute approximate surface area is 177 Å². The first-order valence-corrected chi connectivity index (χ1v) is 11.4. The largest absolute Gasteiger partial charge is 0.462 e. The number of amides is 1. The Hall–Kier alpha value is -2.01. The number of hydrogen-bond donors (Lipinski definition) is 1. The van der Waals surface area contributed by atoms with Crippen LogP contribution in [-0.2, 0) is 29.0 Å². The van der Waals surface area contributed by atoms with Crippen LogP contribution in [0.25, 0.3) is 0 Å². The second-order valence-corrected chi connectivity index (χ2v) is 9.04. The Balaban J connectivity index is 2.10. The summed E-state index contributed by atoms with van der Waals surface area (Å²) >= 11 is 0. The Morgan fingerprint density at radius 1 is 1.20 bits per heavy atom. The summed E-state index contributed by atoms with van der Waals surface area (Å²) in [7, 11) is -3.73. The highest BCUT2D eigenvalue weighted by molar-refractivity contribution is 7.89. The molecule has 2 rings (SSSR count). The molecule has 1 aromatic rings. The van der Waals surface area contributed by atoms with Crippen molar-refractivity contribution in [2.24, 2.45) is 5.92 Å². The molecule has 1 saturated heterocycles. The smallest absolute Gasteiger partial charge is 0.328 e. The minimum atomic E-state index is -3.73. The van der Waals surface area contributed by atoms with E-state index in [1.165, 1.54) is 28.6 Å². The van der Waals surface area contributed by atoms with E-state index in [0.29, 0.717) is 19.8 Å². The molecule has 1 aliphatic rings. The lowest BCUT2D eigenvalue weighted by Gasteiger charge is -2.26. The second-order valence-electron chi connectivity index (χ2n) is 7.10. The van der Waals surface area contributed by atoms with Gasteiger partial charge in [-0.3, -0.25) is 4.79 Å². The van der Waals surface area contributed by atoms with Crippen LogP contribution in [0.4, 0.5) is 0 Å². The van der Waals surface area contributed by atoms with Crippen LogP contribution >= 0.6 is 0 Å². The Morgan fingerprint density at radius 3 is 2.53 bits per heavy atom. The number of ether oxygens (including phenoxy) is 3. The maximum absolute atomic E-state index is 12.8. The highest BCUT2D eigenvalue weighted by atomic mass is 32.2. The predicted octanol–water partition coefficient (Wildman–Crippen LogP) is 1.04. The molecule has 1 atom stereocenters. The van der Waals surface area contributed by atoms with Crippen molar-refractivity contribution >= 4 is 21.9 Å². The molecular formula is C20H30N2O7S. The molecule has 1 fully saturated rings. The molecule has 0 saturated carbocycles. The molecule has 0 aromatic heterocycles. The summed E-state index contributed by atoms with van der Waals surface area (Å²) in [5, 5.41) is 2.65. The molecule has 30 heavy (non-hydrogen) atoms. The van der Waals surface area contributed by atoms with Crippen LogP contribution in [0.3, 0.4) is 0 Å². The van der Waals surface area contributed by atoms with Crippen molar-refractivity contribution in [3.8, 4) is 0 Å². The van der Waals surface area contributed by atoms with Gasteiger partial charge in [0.2, 0.25) is 10.0 Å². The van der Waals surface area contributed by atoms with E-state index in [1.54, 1.807) is 13.8 Å². The van der Waals surface area contributed by atoms with Crippen molar-refractivity contribution in [3.63, 3.8) is 0 Å². The van der Waals surface area contributed by atoms with Crippen molar-refractivity contribution in [3.05, 3.63) is 29.8 Å². The van der Waals surface area contributed by atoms with Crippen LogP contribution in [0.2, 0.25) is 0 Å². The van der Waals surface area contributed by atoms with Gasteiger partial charge in [-0.15, -0.1) is 0 Å². The molecule has 0 spiro atoms. The summed E-state index contributed by atoms with van der Waals surface area (Å²) in [6.07, 6.45) is 0. The predicted molar refractivity (Wildman–Crippen MR) is 110 cm³/mol. The maximum atomic E-state index is 12.8. The molecule has 10 heteroatoms. The van der Waals surface area contributed by atoms with Crippen LogP contribution in [-0.4, -0.2) is 76.8 Å². The zero-order chi connectivity index (χ0) is 22.1. The van der Waals surface area contributed by atoms with Crippen molar-refractivity contribution in [1.82, 2.24) is 9.62 Å². The first-order valence-electron chi connectivity index (χ1n) is 10.0. The standard InChI is InChI=1S/C20H30N2O7S/c1-4-27-12-13-29-20(24)18(15(2)3)21-19(23)16-6-5-7-17(14-16)30(25,26)22-8-10-28-11-9-22/h5-7,14-15,18H,4,8-13H2,1-3H3,(H,21,23)/t18-/m0/s1. The Kier molecular flexibility index (Phi) is 9.22. The van der Waals surface area contributed by atoms with Crippen molar-refractivity contribution < 1.29 is 32.2 Å². The summed E-state index contributed by atoms with van der Waals surface area (Å²) in [6, 6.07) is 4.92. The number of rotatable bonds is 10. The fourth-order valence-electron chi connectivity index (χ4n) is 2.89. The number of sulfonamides is 1. The zero-order valence-electron chi connectivity index (χ0n) is 17.6. The van der Waals surface area contributed by atoms with Gasteiger partial charge >= 0.3 is 5.97 Å². The van der Waals surface area contributed by atoms with Gasteiger partial charge in [0.1, 0.15) is 12.6 Å². The average Bonchev–Trinajstić information content (AvgIpc) is 2.75. The van der Waals surface area contributed by atoms with Crippen molar-refractivity contribution in [2.45, 2.75) is 31.7 Å². The van der Waals surface area contributed by atoms with Gasteiger partial charge < -0.3 is 19.5 Å². The maximum Gasteiger partial charge on any atom is 0.328 e. The third kappa shape index (κ3) is 6.49. The number of carbonyl (C=O) groups excluding carboxylic acids is 2. The molecule has 1 aliphatic heterocycles. The monoisotopic (exact) mass is 442 g/mol. The molecule has 9 nitrogen and oxygen atoms in total. The second kappa shape index (κ2) is 11.4. The van der Waals surface area contributed by atoms with E-state index >= 15 is 0 Å². The first-order chi connectivity index (χ1) is 14.3. The lowest BCUT2D eigenvalue weighted by atomic mass is 10.0. The number of carbonyl (C=O) groups is 2. The van der Waals surface area contributed by atoms with E-state index in [9.17, 15) is 18.0 Å². The molecule has 0 bridgehead atoms. The average molecular weight is 443 g/mol. The highest BCUT2D eigenvalue weighted by Gasteiger charge is 2.29. The number of esters is 1. The van der Waals surface area contributed by atoms with E-state index in [-0.39, 0.29) is 42.7 Å². The molecule has 168 valence electrons. The third-order valence-corrected chi connectivity index (χ3v) is 6.48. The van der Waals surface area contributed by atoms with Gasteiger partial charge in [0, 0.05) is 25.3 Å². The molecule has 1 heterocycles. The van der Waals surface area contributed by atoms with E-state index in [0.717, 1.165) is 0 Å². The quantitative estimate of drug-likeness (QED) is 0.426. The van der Waals surface area contributed by atoms with E-state index in [4.69, 9.17) is 14.2 Å². The molecule has 0 aliphatic carbocycles. The minimum absolute atomic E-state index is 0.0254. The minimum Gasteiger partial charge on any atom is -0.462 e. The lowest BCUT2D eigenvalue weighted by molar-refractivity contribution is -0.148. The van der Waals surface area contributed by atoms with Gasteiger partial charge in [-0.05, 0) is 31.0 Å². The van der Waals surface area contributed by atoms with Crippen LogP contribution in [0.15, 0.2) is 29.2 Å². The van der Waals surface area contributed by atoms with Crippen LogP contribution in [0.1, 0.15) is 31.1 Å².